The molecule has 0 atom stereocenters. The van der Waals surface area contributed by atoms with Gasteiger partial charge in [-0.25, -0.2) is 0 Å². The Morgan fingerprint density at radius 2 is 1.75 bits per heavy atom. The molecule has 0 fully saturated rings. The molecule has 0 aliphatic heterocycles. The molecule has 24 heavy (non-hydrogen) atoms. The van der Waals surface area contributed by atoms with Gasteiger partial charge < -0.3 is 13.7 Å². The van der Waals surface area contributed by atoms with Crippen molar-refractivity contribution in [1.82, 2.24) is 4.57 Å². The zero-order valence-corrected chi connectivity index (χ0v) is 13.6. The van der Waals surface area contributed by atoms with Crippen LogP contribution in [-0.4, -0.2) is 4.57 Å². The van der Waals surface area contributed by atoms with Crippen LogP contribution >= 0.6 is 0 Å². The number of nitrogens with zero attached hydrogens (tertiary/aromatic N) is 1. The lowest BCUT2D eigenvalue weighted by Crippen LogP contribution is -2.16. The van der Waals surface area contributed by atoms with Crippen LogP contribution in [0.25, 0.3) is 21.9 Å². The van der Waals surface area contributed by atoms with Gasteiger partial charge in [-0.3, -0.25) is 4.79 Å². The summed E-state index contributed by atoms with van der Waals surface area (Å²) >= 11 is 0. The second-order valence-corrected chi connectivity index (χ2v) is 5.82. The Hall–Kier alpha value is -3.01. The molecular weight excluding hydrogens is 302 g/mol. The molecule has 2 aromatic heterocycles. The second kappa shape index (κ2) is 5.57. The van der Waals surface area contributed by atoms with Gasteiger partial charge in [0.05, 0.1) is 5.52 Å². The maximum Gasteiger partial charge on any atom is 0.294 e. The highest BCUT2D eigenvalue weighted by atomic mass is 16.5. The molecule has 4 rings (SSSR count). The summed E-state index contributed by atoms with van der Waals surface area (Å²) in [7, 11) is 1.77. The molecule has 0 saturated heterocycles. The van der Waals surface area contributed by atoms with Crippen LogP contribution < -0.4 is 10.3 Å². The van der Waals surface area contributed by atoms with E-state index in [1.54, 1.807) is 11.6 Å². The van der Waals surface area contributed by atoms with E-state index in [-0.39, 0.29) is 5.56 Å². The van der Waals surface area contributed by atoms with E-state index in [1.165, 1.54) is 0 Å². The van der Waals surface area contributed by atoms with Gasteiger partial charge in [-0.2, -0.15) is 0 Å². The van der Waals surface area contributed by atoms with Gasteiger partial charge in [-0.15, -0.1) is 0 Å². The smallest absolute Gasteiger partial charge is 0.294 e. The van der Waals surface area contributed by atoms with Crippen molar-refractivity contribution in [2.45, 2.75) is 13.5 Å². The van der Waals surface area contributed by atoms with Gasteiger partial charge in [0.15, 0.2) is 5.58 Å². The monoisotopic (exact) mass is 319 g/mol. The average molecular weight is 319 g/mol. The molecule has 0 amide bonds. The summed E-state index contributed by atoms with van der Waals surface area (Å²) in [5.41, 5.74) is 2.07. The third kappa shape index (κ3) is 2.19. The third-order valence-electron chi connectivity index (χ3n) is 4.37. The summed E-state index contributed by atoms with van der Waals surface area (Å²) in [5.74, 6) is 1.51. The van der Waals surface area contributed by atoms with Crippen molar-refractivity contribution in [2.24, 2.45) is 7.05 Å². The highest BCUT2D eigenvalue weighted by molar-refractivity contribution is 6.06. The SMILES string of the molecule is Cc1oc2c(=O)n(C)c3ccccc3c2c1COc1ccccc1. The van der Waals surface area contributed by atoms with Crippen molar-refractivity contribution < 1.29 is 9.15 Å². The minimum absolute atomic E-state index is 0.127. The van der Waals surface area contributed by atoms with E-state index in [2.05, 4.69) is 0 Å². The maximum absolute atomic E-state index is 12.6. The standard InChI is InChI=1S/C20H17NO3/c1-13-16(12-23-14-8-4-3-5-9-14)18-15-10-6-7-11-17(15)21(2)20(22)19(18)24-13/h3-11H,12H2,1-2H3. The second-order valence-electron chi connectivity index (χ2n) is 5.82. The van der Waals surface area contributed by atoms with E-state index in [9.17, 15) is 4.79 Å². The van der Waals surface area contributed by atoms with E-state index in [1.807, 2.05) is 61.5 Å². The molecule has 0 aliphatic rings. The molecule has 4 nitrogen and oxygen atoms in total. The Labute approximate surface area is 138 Å². The lowest BCUT2D eigenvalue weighted by molar-refractivity contribution is 0.304. The fourth-order valence-electron chi connectivity index (χ4n) is 3.10. The Balaban J connectivity index is 1.93. The van der Waals surface area contributed by atoms with Gasteiger partial charge in [0, 0.05) is 23.4 Å². The first-order chi connectivity index (χ1) is 11.7. The van der Waals surface area contributed by atoms with Crippen LogP contribution in [0, 0.1) is 6.92 Å². The van der Waals surface area contributed by atoms with Crippen molar-refractivity contribution in [3.05, 3.63) is 76.3 Å². The topological polar surface area (TPSA) is 44.4 Å². The number of ether oxygens (including phenoxy) is 1. The van der Waals surface area contributed by atoms with Gasteiger partial charge in [0.1, 0.15) is 18.1 Å². The first-order valence-electron chi connectivity index (χ1n) is 7.84. The number of aromatic nitrogens is 1. The first-order valence-corrected chi connectivity index (χ1v) is 7.84. The van der Waals surface area contributed by atoms with Crippen molar-refractivity contribution in [3.63, 3.8) is 0 Å². The molecule has 0 radical (unpaired) electrons. The Morgan fingerprint density at radius 3 is 2.54 bits per heavy atom. The van der Waals surface area contributed by atoms with Crippen LogP contribution in [0.1, 0.15) is 11.3 Å². The Kier molecular flexibility index (Phi) is 3.38. The predicted octanol–water partition coefficient (Wildman–Crippen LogP) is 4.17. The van der Waals surface area contributed by atoms with E-state index < -0.39 is 0 Å². The number of benzene rings is 2. The summed E-state index contributed by atoms with van der Waals surface area (Å²) in [6.45, 7) is 2.23. The molecule has 2 aromatic carbocycles. The first kappa shape index (κ1) is 14.6. The molecular formula is C20H17NO3. The lowest BCUT2D eigenvalue weighted by Gasteiger charge is -2.08. The number of para-hydroxylation sites is 2. The summed E-state index contributed by atoms with van der Waals surface area (Å²) < 4.78 is 13.3. The number of hydrogen-bond donors (Lipinski definition) is 0. The summed E-state index contributed by atoms with van der Waals surface area (Å²) in [4.78, 5) is 12.6. The van der Waals surface area contributed by atoms with Crippen molar-refractivity contribution >= 4 is 21.9 Å². The minimum atomic E-state index is -0.127. The van der Waals surface area contributed by atoms with E-state index >= 15 is 0 Å². The van der Waals surface area contributed by atoms with Crippen LogP contribution in [0.3, 0.4) is 0 Å². The molecule has 0 spiro atoms. The van der Waals surface area contributed by atoms with Crippen LogP contribution in [0.4, 0.5) is 0 Å². The summed E-state index contributed by atoms with van der Waals surface area (Å²) in [6.07, 6.45) is 0. The molecule has 0 N–H and O–H groups in total. The van der Waals surface area contributed by atoms with Crippen LogP contribution in [0.2, 0.25) is 0 Å². The lowest BCUT2D eigenvalue weighted by atomic mass is 10.1. The molecule has 120 valence electrons. The number of furan rings is 1. The molecule has 4 heteroatoms. The van der Waals surface area contributed by atoms with Gasteiger partial charge in [-0.1, -0.05) is 36.4 Å². The fourth-order valence-corrected chi connectivity index (χ4v) is 3.10. The van der Waals surface area contributed by atoms with E-state index in [4.69, 9.17) is 9.15 Å². The number of hydrogen-bond acceptors (Lipinski definition) is 3. The minimum Gasteiger partial charge on any atom is -0.489 e. The normalized spacial score (nSPS) is 11.2. The van der Waals surface area contributed by atoms with Crippen molar-refractivity contribution in [2.75, 3.05) is 0 Å². The van der Waals surface area contributed by atoms with Gasteiger partial charge in [0.2, 0.25) is 0 Å². The van der Waals surface area contributed by atoms with Gasteiger partial charge in [-0.05, 0) is 25.1 Å². The zero-order chi connectivity index (χ0) is 16.7. The number of rotatable bonds is 3. The predicted molar refractivity (Wildman–Crippen MR) is 94.5 cm³/mol. The highest BCUT2D eigenvalue weighted by Gasteiger charge is 2.19. The molecule has 0 unspecified atom stereocenters. The molecule has 0 saturated carbocycles. The Bertz CT molecular complexity index is 1090. The summed E-state index contributed by atoms with van der Waals surface area (Å²) in [5, 5.41) is 1.85. The molecule has 2 heterocycles. The molecule has 4 aromatic rings. The third-order valence-corrected chi connectivity index (χ3v) is 4.37. The maximum atomic E-state index is 12.6. The van der Waals surface area contributed by atoms with E-state index in [0.717, 1.165) is 33.4 Å². The van der Waals surface area contributed by atoms with Crippen molar-refractivity contribution in [3.8, 4) is 5.75 Å². The number of aryl methyl sites for hydroxylation is 2. The number of pyridine rings is 1. The number of fused-ring (bicyclic) bond motifs is 3. The van der Waals surface area contributed by atoms with Crippen LogP contribution in [-0.2, 0) is 13.7 Å². The average Bonchev–Trinajstić information content (AvgIpc) is 2.95. The largest absolute Gasteiger partial charge is 0.489 e. The van der Waals surface area contributed by atoms with Crippen LogP contribution in [0.15, 0.2) is 63.8 Å². The molecule has 0 aliphatic carbocycles. The highest BCUT2D eigenvalue weighted by Crippen LogP contribution is 2.31. The van der Waals surface area contributed by atoms with Gasteiger partial charge in [0.25, 0.3) is 5.56 Å². The van der Waals surface area contributed by atoms with Crippen molar-refractivity contribution in [1.29, 1.82) is 0 Å². The zero-order valence-electron chi connectivity index (χ0n) is 13.6. The van der Waals surface area contributed by atoms with Gasteiger partial charge >= 0.3 is 0 Å². The Morgan fingerprint density at radius 1 is 1.04 bits per heavy atom. The quantitative estimate of drug-likeness (QED) is 0.569. The van der Waals surface area contributed by atoms with E-state index in [0.29, 0.717) is 12.2 Å². The summed E-state index contributed by atoms with van der Waals surface area (Å²) in [6, 6.07) is 17.5. The van der Waals surface area contributed by atoms with Crippen LogP contribution in [0.5, 0.6) is 5.75 Å². The fraction of sp³-hybridized carbons (Fsp3) is 0.150. The molecule has 0 bridgehead atoms.